The Morgan fingerprint density at radius 2 is 1.83 bits per heavy atom. The van der Waals surface area contributed by atoms with Gasteiger partial charge in [-0.05, 0) is 50.6 Å². The van der Waals surface area contributed by atoms with Crippen LogP contribution in [-0.4, -0.2) is 53.8 Å². The van der Waals surface area contributed by atoms with Crippen LogP contribution in [0.3, 0.4) is 0 Å². The second kappa shape index (κ2) is 10.5. The summed E-state index contributed by atoms with van der Waals surface area (Å²) in [7, 11) is 0. The number of ether oxygens (including phenoxy) is 1. The van der Waals surface area contributed by atoms with Crippen LogP contribution in [0.5, 0.6) is 5.75 Å². The van der Waals surface area contributed by atoms with Gasteiger partial charge in [-0.1, -0.05) is 23.8 Å². The van der Waals surface area contributed by atoms with Gasteiger partial charge in [0.05, 0.1) is 5.56 Å². The van der Waals surface area contributed by atoms with Crippen LogP contribution in [0.25, 0.3) is 0 Å². The number of amides is 1. The van der Waals surface area contributed by atoms with Crippen LogP contribution in [0, 0.1) is 12.7 Å². The Morgan fingerprint density at radius 1 is 1.13 bits per heavy atom. The Balaban J connectivity index is 0.00000320. The van der Waals surface area contributed by atoms with Crippen molar-refractivity contribution < 1.29 is 18.7 Å². The molecule has 2 aromatic rings. The minimum absolute atomic E-state index is 0. The minimum atomic E-state index is -0.239. The summed E-state index contributed by atoms with van der Waals surface area (Å²) in [6.07, 6.45) is 0.742. The summed E-state index contributed by atoms with van der Waals surface area (Å²) in [6.45, 7) is 7.95. The number of nitrogens with zero attached hydrogens (tertiary/aromatic N) is 2. The highest BCUT2D eigenvalue weighted by molar-refractivity contribution is 5.85. The van der Waals surface area contributed by atoms with Gasteiger partial charge in [-0.25, -0.2) is 4.39 Å². The number of aryl methyl sites for hydroxylation is 1. The van der Waals surface area contributed by atoms with Crippen molar-refractivity contribution in [3.05, 3.63) is 65.0 Å². The molecule has 1 amide bonds. The molecule has 162 valence electrons. The fraction of sp³-hybridized carbons (Fsp3) is 0.391. The van der Waals surface area contributed by atoms with Crippen LogP contribution < -0.4 is 4.74 Å². The third kappa shape index (κ3) is 5.80. The minimum Gasteiger partial charge on any atom is -0.483 e. The number of halogens is 2. The molecule has 0 saturated carbocycles. The molecule has 2 atom stereocenters. The van der Waals surface area contributed by atoms with Gasteiger partial charge < -0.3 is 9.64 Å². The summed E-state index contributed by atoms with van der Waals surface area (Å²) in [6, 6.07) is 12.1. The Kier molecular flexibility index (Phi) is 8.38. The highest BCUT2D eigenvalue weighted by Crippen LogP contribution is 2.21. The van der Waals surface area contributed by atoms with Crippen LogP contribution in [0.15, 0.2) is 42.5 Å². The van der Waals surface area contributed by atoms with Crippen molar-refractivity contribution in [2.45, 2.75) is 39.4 Å². The third-order valence-corrected chi connectivity index (χ3v) is 5.38. The van der Waals surface area contributed by atoms with Crippen molar-refractivity contribution in [1.29, 1.82) is 0 Å². The first-order chi connectivity index (χ1) is 13.9. The smallest absolute Gasteiger partial charge is 0.260 e. The summed E-state index contributed by atoms with van der Waals surface area (Å²) >= 11 is 0. The normalized spacial score (nSPS) is 19.1. The van der Waals surface area contributed by atoms with Crippen molar-refractivity contribution in [2.24, 2.45) is 0 Å². The molecule has 30 heavy (non-hydrogen) atoms. The van der Waals surface area contributed by atoms with Crippen molar-refractivity contribution in [2.75, 3.05) is 19.7 Å². The van der Waals surface area contributed by atoms with E-state index in [0.717, 1.165) is 30.5 Å². The second-order valence-corrected chi connectivity index (χ2v) is 7.75. The van der Waals surface area contributed by atoms with Gasteiger partial charge in [-0.3, -0.25) is 14.5 Å². The molecule has 1 heterocycles. The lowest BCUT2D eigenvalue weighted by atomic mass is 10.1. The monoisotopic (exact) mass is 434 g/mol. The highest BCUT2D eigenvalue weighted by Gasteiger charge is 2.32. The molecule has 3 rings (SSSR count). The molecule has 1 fully saturated rings. The molecule has 0 unspecified atom stereocenters. The zero-order valence-electron chi connectivity index (χ0n) is 17.5. The van der Waals surface area contributed by atoms with Crippen LogP contribution in [0.4, 0.5) is 4.39 Å². The van der Waals surface area contributed by atoms with Gasteiger partial charge in [-0.15, -0.1) is 12.4 Å². The van der Waals surface area contributed by atoms with Crippen molar-refractivity contribution in [3.8, 4) is 5.75 Å². The largest absolute Gasteiger partial charge is 0.483 e. The Hall–Kier alpha value is -2.44. The molecule has 0 N–H and O–H groups in total. The summed E-state index contributed by atoms with van der Waals surface area (Å²) in [4.78, 5) is 28.1. The Labute approximate surface area is 183 Å². The number of rotatable bonds is 6. The molecule has 0 spiro atoms. The zero-order chi connectivity index (χ0) is 21.0. The van der Waals surface area contributed by atoms with E-state index in [4.69, 9.17) is 4.74 Å². The first-order valence-corrected chi connectivity index (χ1v) is 9.84. The fourth-order valence-electron chi connectivity index (χ4n) is 3.70. The molecular weight excluding hydrogens is 407 g/mol. The standard InChI is InChI=1S/C23H27FN2O3.ClH/c1-16-4-9-22(20(10-16)14-27)29-15-23(28)26-12-17(2)25(11-18(26)3)13-19-5-7-21(24)8-6-19;/h4-10,14,17-18H,11-13,15H2,1-3H3;1H/t17-,18+;/m1./s1. The van der Waals surface area contributed by atoms with Crippen molar-refractivity contribution >= 4 is 24.6 Å². The molecule has 0 aliphatic carbocycles. The van der Waals surface area contributed by atoms with E-state index in [9.17, 15) is 14.0 Å². The predicted octanol–water partition coefficient (Wildman–Crippen LogP) is 3.87. The summed E-state index contributed by atoms with van der Waals surface area (Å²) in [5.41, 5.74) is 2.46. The van der Waals surface area contributed by atoms with Crippen LogP contribution >= 0.6 is 12.4 Å². The lowest BCUT2D eigenvalue weighted by molar-refractivity contribution is -0.139. The number of hydrogen-bond donors (Lipinski definition) is 0. The van der Waals surface area contributed by atoms with Gasteiger partial charge >= 0.3 is 0 Å². The SMILES string of the molecule is Cc1ccc(OCC(=O)N2C[C@@H](C)N(Cc3ccc(F)cc3)C[C@@H]2C)c(C=O)c1.Cl. The molecule has 7 heteroatoms. The number of carbonyl (C=O) groups is 2. The second-order valence-electron chi connectivity index (χ2n) is 7.75. The molecule has 2 aromatic carbocycles. The molecule has 1 aliphatic rings. The Bertz CT molecular complexity index is 875. The van der Waals surface area contributed by atoms with Gasteiger partial charge in [0.2, 0.25) is 0 Å². The Morgan fingerprint density at radius 3 is 2.50 bits per heavy atom. The van der Waals surface area contributed by atoms with Crippen LogP contribution in [-0.2, 0) is 11.3 Å². The maximum atomic E-state index is 13.1. The number of benzene rings is 2. The van der Waals surface area contributed by atoms with Gasteiger partial charge in [0.25, 0.3) is 5.91 Å². The van der Waals surface area contributed by atoms with E-state index in [2.05, 4.69) is 11.8 Å². The first-order valence-electron chi connectivity index (χ1n) is 9.84. The van der Waals surface area contributed by atoms with E-state index in [-0.39, 0.29) is 42.8 Å². The summed E-state index contributed by atoms with van der Waals surface area (Å²) in [5, 5.41) is 0. The summed E-state index contributed by atoms with van der Waals surface area (Å²) < 4.78 is 18.8. The topological polar surface area (TPSA) is 49.9 Å². The molecule has 5 nitrogen and oxygen atoms in total. The van der Waals surface area contributed by atoms with Crippen LogP contribution in [0.1, 0.15) is 35.3 Å². The molecular formula is C23H28ClFN2O3. The number of carbonyl (C=O) groups excluding carboxylic acids is 2. The van der Waals surface area contributed by atoms with E-state index in [0.29, 0.717) is 17.9 Å². The van der Waals surface area contributed by atoms with E-state index < -0.39 is 0 Å². The predicted molar refractivity (Wildman–Crippen MR) is 117 cm³/mol. The lowest BCUT2D eigenvalue weighted by Crippen LogP contribution is -2.58. The quantitative estimate of drug-likeness (QED) is 0.647. The number of hydrogen-bond acceptors (Lipinski definition) is 4. The first kappa shape index (κ1) is 23.8. The van der Waals surface area contributed by atoms with Gasteiger partial charge in [0, 0.05) is 31.7 Å². The van der Waals surface area contributed by atoms with Crippen LogP contribution in [0.2, 0.25) is 0 Å². The van der Waals surface area contributed by atoms with E-state index >= 15 is 0 Å². The van der Waals surface area contributed by atoms with Crippen molar-refractivity contribution in [1.82, 2.24) is 9.80 Å². The highest BCUT2D eigenvalue weighted by atomic mass is 35.5. The molecule has 1 aliphatic heterocycles. The number of aldehydes is 1. The third-order valence-electron chi connectivity index (χ3n) is 5.38. The molecule has 0 aromatic heterocycles. The van der Waals surface area contributed by atoms with Gasteiger partial charge in [0.15, 0.2) is 12.9 Å². The average Bonchev–Trinajstić information content (AvgIpc) is 2.70. The molecule has 1 saturated heterocycles. The molecule has 0 radical (unpaired) electrons. The molecule has 0 bridgehead atoms. The average molecular weight is 435 g/mol. The van der Waals surface area contributed by atoms with Gasteiger partial charge in [0.1, 0.15) is 11.6 Å². The number of piperazine rings is 1. The van der Waals surface area contributed by atoms with E-state index in [1.54, 1.807) is 24.3 Å². The maximum Gasteiger partial charge on any atom is 0.260 e. The fourth-order valence-corrected chi connectivity index (χ4v) is 3.70. The lowest BCUT2D eigenvalue weighted by Gasteiger charge is -2.44. The zero-order valence-corrected chi connectivity index (χ0v) is 18.3. The maximum absolute atomic E-state index is 13.1. The van der Waals surface area contributed by atoms with Crippen molar-refractivity contribution in [3.63, 3.8) is 0 Å². The van der Waals surface area contributed by atoms with E-state index in [1.165, 1.54) is 12.1 Å². The van der Waals surface area contributed by atoms with Gasteiger partial charge in [-0.2, -0.15) is 0 Å². The summed E-state index contributed by atoms with van der Waals surface area (Å²) in [5.74, 6) is 0.0923. The van der Waals surface area contributed by atoms with E-state index in [1.807, 2.05) is 24.8 Å².